The van der Waals surface area contributed by atoms with Crippen molar-refractivity contribution in [3.8, 4) is 11.5 Å². The van der Waals surface area contributed by atoms with Crippen molar-refractivity contribution in [2.45, 2.75) is 31.7 Å². The Hall–Kier alpha value is -4.23. The van der Waals surface area contributed by atoms with Gasteiger partial charge in [-0.05, 0) is 59.3 Å². The summed E-state index contributed by atoms with van der Waals surface area (Å²) in [6.45, 7) is 8.51. The van der Waals surface area contributed by atoms with Gasteiger partial charge >= 0.3 is 0 Å². The second kappa shape index (κ2) is 13.9. The summed E-state index contributed by atoms with van der Waals surface area (Å²) in [5.41, 5.74) is 6.71. The van der Waals surface area contributed by atoms with Crippen molar-refractivity contribution in [3.05, 3.63) is 65.6 Å². The van der Waals surface area contributed by atoms with Gasteiger partial charge in [-0.2, -0.15) is 0 Å². The molecule has 2 amide bonds. The van der Waals surface area contributed by atoms with Crippen LogP contribution in [0.1, 0.15) is 25.0 Å². The minimum atomic E-state index is -1.02. The van der Waals surface area contributed by atoms with E-state index in [1.165, 1.54) is 18.9 Å². The van der Waals surface area contributed by atoms with E-state index in [9.17, 15) is 14.0 Å². The van der Waals surface area contributed by atoms with Crippen LogP contribution in [-0.2, 0) is 22.6 Å². The molecule has 3 aromatic rings. The smallest absolute Gasteiger partial charge is 0.279 e. The van der Waals surface area contributed by atoms with Gasteiger partial charge < -0.3 is 34.4 Å². The third-order valence-electron chi connectivity index (χ3n) is 6.15. The number of hydrazine groups is 1. The molecule has 1 aliphatic rings. The summed E-state index contributed by atoms with van der Waals surface area (Å²) >= 11 is 1.35. The molecule has 41 heavy (non-hydrogen) atoms. The number of ether oxygens (including phenoxy) is 2. The Kier molecular flexibility index (Phi) is 10.1. The maximum atomic E-state index is 12.9. The largest absolute Gasteiger partial charge is 0.496 e. The highest BCUT2D eigenvalue weighted by atomic mass is 32.2. The molecule has 1 aromatic heterocycles. The Morgan fingerprint density at radius 3 is 2.78 bits per heavy atom. The van der Waals surface area contributed by atoms with Crippen LogP contribution in [0.25, 0.3) is 11.0 Å². The number of aromatic nitrogens is 1. The molecule has 0 saturated carbocycles. The molecule has 4 rings (SSSR count). The molecule has 13 heteroatoms. The fourth-order valence-corrected chi connectivity index (χ4v) is 4.87. The van der Waals surface area contributed by atoms with Gasteiger partial charge in [0, 0.05) is 26.2 Å². The van der Waals surface area contributed by atoms with Crippen molar-refractivity contribution in [3.63, 3.8) is 0 Å². The summed E-state index contributed by atoms with van der Waals surface area (Å²) in [5, 5.41) is 12.0. The van der Waals surface area contributed by atoms with Crippen molar-refractivity contribution in [1.82, 2.24) is 26.2 Å². The Balaban J connectivity index is 1.45. The first-order chi connectivity index (χ1) is 19.8. The molecule has 2 heterocycles. The van der Waals surface area contributed by atoms with Gasteiger partial charge in [-0.1, -0.05) is 24.7 Å². The van der Waals surface area contributed by atoms with Gasteiger partial charge in [0.05, 0.1) is 25.1 Å². The third kappa shape index (κ3) is 7.92. The molecule has 11 nitrogen and oxygen atoms in total. The molecule has 1 aliphatic heterocycles. The summed E-state index contributed by atoms with van der Waals surface area (Å²) in [5.74, 6) is -0.163. The molecule has 218 valence electrons. The molecule has 0 aliphatic carbocycles. The number of aryl methyl sites for hydroxylation is 1. The van der Waals surface area contributed by atoms with Crippen molar-refractivity contribution in [2.75, 3.05) is 38.1 Å². The molecule has 4 N–H and O–H groups in total. The van der Waals surface area contributed by atoms with E-state index in [0.717, 1.165) is 28.0 Å². The van der Waals surface area contributed by atoms with Crippen LogP contribution in [0.2, 0.25) is 0 Å². The maximum Gasteiger partial charge on any atom is 0.279 e. The number of fused-ring (bicyclic) bond motifs is 1. The first-order valence-corrected chi connectivity index (χ1v) is 13.8. The van der Waals surface area contributed by atoms with Gasteiger partial charge in [0.15, 0.2) is 17.2 Å². The molecule has 0 spiro atoms. The van der Waals surface area contributed by atoms with E-state index in [2.05, 4.69) is 39.4 Å². The first-order valence-electron chi connectivity index (χ1n) is 13.0. The molecular weight excluding hydrogens is 551 g/mol. The van der Waals surface area contributed by atoms with E-state index in [1.807, 2.05) is 41.5 Å². The third-order valence-corrected chi connectivity index (χ3v) is 6.98. The number of amides is 2. The fraction of sp³-hybridized carbons (Fsp3) is 0.321. The van der Waals surface area contributed by atoms with E-state index in [4.69, 9.17) is 14.0 Å². The van der Waals surface area contributed by atoms with Crippen LogP contribution in [0.3, 0.4) is 0 Å². The molecular formula is C28H33FN6O5S. The Labute approximate surface area is 241 Å². The average Bonchev–Trinajstić information content (AvgIpc) is 3.59. The number of methoxy groups -OCH3 is 1. The predicted octanol–water partition coefficient (Wildman–Crippen LogP) is 3.84. The summed E-state index contributed by atoms with van der Waals surface area (Å²) in [6, 6.07) is 9.77. The first kappa shape index (κ1) is 29.7. The standard InChI is InChI=1S/C28H33FN6O5S/c1-5-19-6-7-22(39-9-8-30-18(3)36)25(12-19)41-34-27-26-23(38-4)10-20(11-24(26)40-33-27)15-35-16-21(14-32-35)13-31-28(37)17(2)29/h6-7,10-12,16,32H,2,5,8-9,13-15H2,1,3-4H3,(H,30,36)(H,31,37)(H,33,34). The van der Waals surface area contributed by atoms with Crippen molar-refractivity contribution >= 4 is 40.5 Å². The lowest BCUT2D eigenvalue weighted by Gasteiger charge is -2.16. The molecule has 0 fully saturated rings. The number of carbonyl (C=O) groups excluding carboxylic acids is 2. The second-order valence-corrected chi connectivity index (χ2v) is 10.1. The highest BCUT2D eigenvalue weighted by Crippen LogP contribution is 2.38. The molecule has 0 unspecified atom stereocenters. The molecule has 0 atom stereocenters. The van der Waals surface area contributed by atoms with Crippen molar-refractivity contribution in [1.29, 1.82) is 0 Å². The van der Waals surface area contributed by atoms with Gasteiger partial charge in [0.1, 0.15) is 23.5 Å². The zero-order valence-corrected chi connectivity index (χ0v) is 24.0. The van der Waals surface area contributed by atoms with E-state index >= 15 is 0 Å². The van der Waals surface area contributed by atoms with Crippen molar-refractivity contribution in [2.24, 2.45) is 0 Å². The number of nitrogens with one attached hydrogen (secondary N) is 4. The van der Waals surface area contributed by atoms with E-state index in [0.29, 0.717) is 54.5 Å². The van der Waals surface area contributed by atoms with E-state index < -0.39 is 11.7 Å². The van der Waals surface area contributed by atoms with Gasteiger partial charge in [0.25, 0.3) is 5.91 Å². The zero-order valence-electron chi connectivity index (χ0n) is 23.1. The van der Waals surface area contributed by atoms with Crippen LogP contribution < -0.4 is 30.3 Å². The van der Waals surface area contributed by atoms with E-state index in [-0.39, 0.29) is 12.5 Å². The molecule has 0 saturated heterocycles. The van der Waals surface area contributed by atoms with Gasteiger partial charge in [-0.15, -0.1) is 0 Å². The number of nitrogens with zero attached hydrogens (tertiary/aromatic N) is 2. The van der Waals surface area contributed by atoms with Gasteiger partial charge in [-0.25, -0.2) is 9.82 Å². The monoisotopic (exact) mass is 584 g/mol. The Morgan fingerprint density at radius 1 is 1.22 bits per heavy atom. The number of carbonyl (C=O) groups is 2. The predicted molar refractivity (Wildman–Crippen MR) is 155 cm³/mol. The number of benzene rings is 2. The topological polar surface area (TPSA) is 130 Å². The van der Waals surface area contributed by atoms with Crippen LogP contribution in [0.4, 0.5) is 10.2 Å². The number of halogens is 1. The van der Waals surface area contributed by atoms with Gasteiger partial charge in [-0.3, -0.25) is 9.59 Å². The number of hydrogen-bond acceptors (Lipinski definition) is 10. The maximum absolute atomic E-state index is 12.9. The van der Waals surface area contributed by atoms with Crippen LogP contribution in [-0.4, -0.2) is 55.3 Å². The normalized spacial score (nSPS) is 12.7. The second-order valence-electron chi connectivity index (χ2n) is 9.21. The van der Waals surface area contributed by atoms with Crippen LogP contribution in [0.5, 0.6) is 11.5 Å². The van der Waals surface area contributed by atoms with Crippen LogP contribution in [0.15, 0.2) is 63.9 Å². The lowest BCUT2D eigenvalue weighted by atomic mass is 10.1. The number of rotatable bonds is 14. The molecule has 0 bridgehead atoms. The van der Waals surface area contributed by atoms with Crippen LogP contribution in [0, 0.1) is 0 Å². The molecule has 2 aromatic carbocycles. The van der Waals surface area contributed by atoms with Crippen molar-refractivity contribution < 1.29 is 28.0 Å². The average molecular weight is 585 g/mol. The summed E-state index contributed by atoms with van der Waals surface area (Å²) in [7, 11) is 1.59. The highest BCUT2D eigenvalue weighted by molar-refractivity contribution is 8.00. The minimum Gasteiger partial charge on any atom is -0.496 e. The summed E-state index contributed by atoms with van der Waals surface area (Å²) < 4.78 is 33.4. The number of anilines is 1. The quantitative estimate of drug-likeness (QED) is 0.126. The number of hydrogen-bond donors (Lipinski definition) is 4. The highest BCUT2D eigenvalue weighted by Gasteiger charge is 2.19. The zero-order chi connectivity index (χ0) is 29.4. The van der Waals surface area contributed by atoms with E-state index in [1.54, 1.807) is 7.11 Å². The molecule has 0 radical (unpaired) electrons. The van der Waals surface area contributed by atoms with Crippen LogP contribution >= 0.6 is 11.9 Å². The Bertz CT molecular complexity index is 1460. The van der Waals surface area contributed by atoms with Gasteiger partial charge in [0.2, 0.25) is 5.91 Å². The Morgan fingerprint density at radius 2 is 2.05 bits per heavy atom. The summed E-state index contributed by atoms with van der Waals surface area (Å²) in [6.07, 6.45) is 2.73. The minimum absolute atomic E-state index is 0.105. The summed E-state index contributed by atoms with van der Waals surface area (Å²) in [4.78, 5) is 23.4. The fourth-order valence-electron chi connectivity index (χ4n) is 4.09. The SMILES string of the molecule is C=C(F)C(=O)NCC1=CN(Cc2cc(OC)c3c(NSc4cc(CC)ccc4OCCNC(C)=O)noc3c2)NC1. The lowest BCUT2D eigenvalue weighted by molar-refractivity contribution is -0.119. The lowest BCUT2D eigenvalue weighted by Crippen LogP contribution is -2.29.